The molecule has 0 unspecified atom stereocenters. The quantitative estimate of drug-likeness (QED) is 0.458. The summed E-state index contributed by atoms with van der Waals surface area (Å²) in [7, 11) is 0. The first-order valence-corrected chi connectivity index (χ1v) is 3.52. The standard InChI is InChI=1S/C6H15N.H2N3/c1-4-7(5-2)6-3;1-3-2/h4-6H2,1-3H3;1-2H/q;+1. The van der Waals surface area contributed by atoms with Gasteiger partial charge in [-0.15, -0.1) is 0 Å². The van der Waals surface area contributed by atoms with Gasteiger partial charge in [0.25, 0.3) is 0 Å². The van der Waals surface area contributed by atoms with Crippen molar-refractivity contribution in [3.05, 3.63) is 0 Å². The second-order valence-electron chi connectivity index (χ2n) is 1.73. The van der Waals surface area contributed by atoms with Gasteiger partial charge in [-0.05, 0) is 19.6 Å². The molecule has 0 aromatic carbocycles. The molecule has 0 aromatic heterocycles. The van der Waals surface area contributed by atoms with Gasteiger partial charge in [-0.3, -0.25) is 0 Å². The molecule has 10 heavy (non-hydrogen) atoms. The van der Waals surface area contributed by atoms with Crippen LogP contribution in [0.2, 0.25) is 0 Å². The zero-order chi connectivity index (χ0) is 8.41. The number of hydrogen-bond donors (Lipinski definition) is 2. The Kier molecular flexibility index (Phi) is 13.3. The predicted octanol–water partition coefficient (Wildman–Crippen LogP) is 1.46. The molecule has 0 rings (SSSR count). The van der Waals surface area contributed by atoms with Crippen molar-refractivity contribution in [2.75, 3.05) is 19.6 Å². The summed E-state index contributed by atoms with van der Waals surface area (Å²) < 4.78 is 0. The van der Waals surface area contributed by atoms with E-state index in [1.807, 2.05) is 4.91 Å². The SMILES string of the molecule is CCN(CC)CC.N=[N+]=N. The minimum absolute atomic E-state index is 1.19. The third-order valence-electron chi connectivity index (χ3n) is 1.34. The first kappa shape index (κ1) is 12.0. The fourth-order valence-corrected chi connectivity index (χ4v) is 0.671. The first-order chi connectivity index (χ1) is 4.76. The van der Waals surface area contributed by atoms with Gasteiger partial charge in [-0.25, -0.2) is 0 Å². The Morgan fingerprint density at radius 1 is 1.00 bits per heavy atom. The lowest BCUT2D eigenvalue weighted by atomic mass is 10.5. The van der Waals surface area contributed by atoms with Crippen LogP contribution >= 0.6 is 0 Å². The molecular weight excluding hydrogens is 128 g/mol. The molecule has 0 atom stereocenters. The minimum atomic E-state index is 1.19. The fraction of sp³-hybridized carbons (Fsp3) is 1.00. The zero-order valence-corrected chi connectivity index (χ0v) is 7.02. The molecule has 0 bridgehead atoms. The van der Waals surface area contributed by atoms with Crippen LogP contribution in [-0.2, 0) is 0 Å². The van der Waals surface area contributed by atoms with Crippen molar-refractivity contribution in [2.45, 2.75) is 20.8 Å². The van der Waals surface area contributed by atoms with Crippen molar-refractivity contribution < 1.29 is 0 Å². The van der Waals surface area contributed by atoms with Crippen LogP contribution in [0.25, 0.3) is 0 Å². The molecule has 60 valence electrons. The Morgan fingerprint density at radius 2 is 1.20 bits per heavy atom. The molecule has 0 saturated heterocycles. The average Bonchev–Trinajstić information content (AvgIpc) is 1.93. The van der Waals surface area contributed by atoms with E-state index in [1.54, 1.807) is 0 Å². The van der Waals surface area contributed by atoms with E-state index in [0.29, 0.717) is 0 Å². The van der Waals surface area contributed by atoms with Gasteiger partial charge in [0.05, 0.1) is 0 Å². The topological polar surface area (TPSA) is 65.0 Å². The third-order valence-corrected chi connectivity index (χ3v) is 1.34. The summed E-state index contributed by atoms with van der Waals surface area (Å²) in [5.74, 6) is 0. The van der Waals surface area contributed by atoms with Crippen molar-refractivity contribution in [1.29, 1.82) is 11.1 Å². The number of hydrogen-bond acceptors (Lipinski definition) is 3. The van der Waals surface area contributed by atoms with Crippen LogP contribution in [-0.4, -0.2) is 24.5 Å². The zero-order valence-electron chi connectivity index (χ0n) is 7.02. The van der Waals surface area contributed by atoms with Crippen molar-refractivity contribution in [1.82, 2.24) is 9.81 Å². The Labute approximate surface area is 62.3 Å². The minimum Gasteiger partial charge on any atom is -0.304 e. The maximum absolute atomic E-state index is 5.50. The molecular formula is C6H17N4+. The number of nitrogens with zero attached hydrogens (tertiary/aromatic N) is 2. The lowest BCUT2D eigenvalue weighted by molar-refractivity contribution is 0.321. The summed E-state index contributed by atoms with van der Waals surface area (Å²) in [5, 5.41) is 0. The Balaban J connectivity index is 0. The maximum atomic E-state index is 5.50. The van der Waals surface area contributed by atoms with E-state index in [9.17, 15) is 0 Å². The molecule has 0 saturated carbocycles. The second-order valence-corrected chi connectivity index (χ2v) is 1.73. The van der Waals surface area contributed by atoms with Crippen molar-refractivity contribution in [3.63, 3.8) is 0 Å². The molecule has 4 heteroatoms. The van der Waals surface area contributed by atoms with Crippen LogP contribution in [0.4, 0.5) is 0 Å². The van der Waals surface area contributed by atoms with Gasteiger partial charge in [0.2, 0.25) is 4.91 Å². The van der Waals surface area contributed by atoms with Crippen LogP contribution in [0.5, 0.6) is 0 Å². The lowest BCUT2D eigenvalue weighted by Gasteiger charge is -2.13. The Morgan fingerprint density at radius 3 is 1.20 bits per heavy atom. The van der Waals surface area contributed by atoms with E-state index in [4.69, 9.17) is 11.1 Å². The fourth-order valence-electron chi connectivity index (χ4n) is 0.671. The van der Waals surface area contributed by atoms with Gasteiger partial charge in [-0.2, -0.15) is 0 Å². The van der Waals surface area contributed by atoms with E-state index in [1.165, 1.54) is 19.6 Å². The van der Waals surface area contributed by atoms with Gasteiger partial charge in [0.15, 0.2) is 0 Å². The van der Waals surface area contributed by atoms with E-state index in [-0.39, 0.29) is 0 Å². The summed E-state index contributed by atoms with van der Waals surface area (Å²) in [6.07, 6.45) is 0. The second kappa shape index (κ2) is 11.1. The Bertz CT molecular complexity index is 76.2. The molecule has 4 nitrogen and oxygen atoms in total. The Hall–Kier alpha value is -0.730. The van der Waals surface area contributed by atoms with Crippen molar-refractivity contribution in [3.8, 4) is 0 Å². The van der Waals surface area contributed by atoms with Crippen LogP contribution in [0.1, 0.15) is 20.8 Å². The van der Waals surface area contributed by atoms with E-state index in [0.717, 1.165) is 0 Å². The molecule has 0 fully saturated rings. The van der Waals surface area contributed by atoms with Crippen molar-refractivity contribution >= 4 is 0 Å². The molecule has 0 heterocycles. The number of nitrogens with one attached hydrogen (secondary N) is 2. The summed E-state index contributed by atoms with van der Waals surface area (Å²) in [4.78, 5) is 4.38. The molecule has 0 amide bonds. The smallest absolute Gasteiger partial charge is 0.211 e. The van der Waals surface area contributed by atoms with Gasteiger partial charge in [0, 0.05) is 0 Å². The average molecular weight is 145 g/mol. The van der Waals surface area contributed by atoms with E-state index < -0.39 is 0 Å². The summed E-state index contributed by atoms with van der Waals surface area (Å²) in [6.45, 7) is 10.1. The predicted molar refractivity (Wildman–Crippen MR) is 41.0 cm³/mol. The third kappa shape index (κ3) is 10.3. The lowest BCUT2D eigenvalue weighted by Crippen LogP contribution is -2.21. The molecule has 2 N–H and O–H groups in total. The summed E-state index contributed by atoms with van der Waals surface area (Å²) in [6, 6.07) is 0. The normalized spacial score (nSPS) is 8.00. The summed E-state index contributed by atoms with van der Waals surface area (Å²) in [5.41, 5.74) is 11.0. The van der Waals surface area contributed by atoms with E-state index >= 15 is 0 Å². The van der Waals surface area contributed by atoms with E-state index in [2.05, 4.69) is 25.7 Å². The highest BCUT2D eigenvalue weighted by Crippen LogP contribution is 1.81. The maximum Gasteiger partial charge on any atom is 0.211 e. The first-order valence-electron chi connectivity index (χ1n) is 3.52. The van der Waals surface area contributed by atoms with Gasteiger partial charge < -0.3 is 4.90 Å². The largest absolute Gasteiger partial charge is 0.304 e. The number of rotatable bonds is 3. The van der Waals surface area contributed by atoms with Crippen LogP contribution in [0.3, 0.4) is 0 Å². The van der Waals surface area contributed by atoms with Gasteiger partial charge in [0.1, 0.15) is 11.1 Å². The molecule has 0 aliphatic carbocycles. The van der Waals surface area contributed by atoms with Crippen LogP contribution in [0, 0.1) is 11.1 Å². The highest BCUT2D eigenvalue weighted by Gasteiger charge is 1.89. The highest BCUT2D eigenvalue weighted by molar-refractivity contribution is 4.43. The molecule has 0 spiro atoms. The van der Waals surface area contributed by atoms with Gasteiger partial charge >= 0.3 is 0 Å². The molecule has 0 radical (unpaired) electrons. The van der Waals surface area contributed by atoms with Gasteiger partial charge in [-0.1, -0.05) is 20.8 Å². The molecule has 0 aromatic rings. The highest BCUT2D eigenvalue weighted by atomic mass is 15.1. The van der Waals surface area contributed by atoms with Crippen molar-refractivity contribution in [2.24, 2.45) is 0 Å². The molecule has 0 aliphatic heterocycles. The molecule has 0 aliphatic rings. The van der Waals surface area contributed by atoms with Crippen LogP contribution in [0.15, 0.2) is 0 Å². The van der Waals surface area contributed by atoms with Crippen LogP contribution < -0.4 is 4.91 Å². The monoisotopic (exact) mass is 145 g/mol. The summed E-state index contributed by atoms with van der Waals surface area (Å²) >= 11 is 0.